The van der Waals surface area contributed by atoms with Gasteiger partial charge in [-0.2, -0.15) is 5.26 Å². The van der Waals surface area contributed by atoms with Crippen LogP contribution in [0.1, 0.15) is 12.5 Å². The molecule has 4 aromatic rings. The molecule has 0 unspecified atom stereocenters. The molecule has 0 aliphatic rings. The van der Waals surface area contributed by atoms with Gasteiger partial charge in [0.05, 0.1) is 16.9 Å². The van der Waals surface area contributed by atoms with Crippen molar-refractivity contribution in [2.24, 2.45) is 0 Å². The number of fused-ring (bicyclic) bond motifs is 1. The van der Waals surface area contributed by atoms with Crippen molar-refractivity contribution in [3.63, 3.8) is 0 Å². The lowest BCUT2D eigenvalue weighted by Crippen LogP contribution is -2.15. The van der Waals surface area contributed by atoms with Gasteiger partial charge in [-0.1, -0.05) is 30.3 Å². The van der Waals surface area contributed by atoms with Crippen molar-refractivity contribution in [3.8, 4) is 17.6 Å². The van der Waals surface area contributed by atoms with Crippen LogP contribution in [-0.4, -0.2) is 14.3 Å². The molecule has 1 amide bonds. The highest BCUT2D eigenvalue weighted by Crippen LogP contribution is 2.33. The van der Waals surface area contributed by atoms with Gasteiger partial charge in [-0.05, 0) is 65.4 Å². The summed E-state index contributed by atoms with van der Waals surface area (Å²) in [5.41, 5.74) is 1.40. The molecule has 0 saturated carbocycles. The Kier molecular flexibility index (Phi) is 6.24. The molecule has 8 heteroatoms. The van der Waals surface area contributed by atoms with Crippen LogP contribution >= 0.6 is 0 Å². The maximum Gasteiger partial charge on any atom is 0.229 e. The molecule has 1 N–H and O–H groups in total. The molecule has 164 valence electrons. The Morgan fingerprint density at radius 1 is 0.909 bits per heavy atom. The van der Waals surface area contributed by atoms with Gasteiger partial charge >= 0.3 is 0 Å². The minimum atomic E-state index is -3.04. The fourth-order valence-electron chi connectivity index (χ4n) is 3.41. The molecule has 0 aliphatic heterocycles. The molecule has 0 heterocycles. The molecule has 0 fully saturated rings. The second-order valence-electron chi connectivity index (χ2n) is 7.18. The lowest BCUT2D eigenvalue weighted by atomic mass is 10.1. The average molecular weight is 458 g/mol. The summed E-state index contributed by atoms with van der Waals surface area (Å²) < 4.78 is 31.1. The van der Waals surface area contributed by atoms with Crippen LogP contribution in [0.4, 0.5) is 17.1 Å². The predicted molar refractivity (Wildman–Crippen MR) is 128 cm³/mol. The predicted octanol–water partition coefficient (Wildman–Crippen LogP) is 5.13. The second-order valence-corrected chi connectivity index (χ2v) is 8.06. The van der Waals surface area contributed by atoms with E-state index in [1.807, 2.05) is 42.5 Å². The van der Waals surface area contributed by atoms with Crippen molar-refractivity contribution in [1.29, 1.82) is 5.26 Å². The number of amides is 1. The number of nitrogens with zero attached hydrogens (tertiary/aromatic N) is 2. The Bertz CT molecular complexity index is 1450. The molecule has 7 nitrogen and oxygen atoms in total. The van der Waals surface area contributed by atoms with Crippen LogP contribution in [-0.2, 0) is 15.7 Å². The number of anilines is 3. The first-order valence-electron chi connectivity index (χ1n) is 9.97. The minimum absolute atomic E-state index is 0.192. The number of benzene rings is 4. The highest BCUT2D eigenvalue weighted by molar-refractivity contribution is 7.74. The number of rotatable bonds is 6. The zero-order valence-electron chi connectivity index (χ0n) is 17.6. The van der Waals surface area contributed by atoms with E-state index in [1.165, 1.54) is 13.0 Å². The van der Waals surface area contributed by atoms with Crippen LogP contribution in [0.3, 0.4) is 0 Å². The van der Waals surface area contributed by atoms with Crippen LogP contribution in [0.5, 0.6) is 11.5 Å². The summed E-state index contributed by atoms with van der Waals surface area (Å²) in [6.45, 7) is 1.39. The first kappa shape index (κ1) is 21.9. The summed E-state index contributed by atoms with van der Waals surface area (Å²) in [6, 6.07) is 26.5. The molecular formula is C25H19N3O4S. The number of carbonyl (C=O) groups excluding carboxylic acids is 1. The maximum atomic E-state index is 12.0. The van der Waals surface area contributed by atoms with Crippen LogP contribution in [0.2, 0.25) is 0 Å². The summed E-state index contributed by atoms with van der Waals surface area (Å²) in [5, 5.41) is 14.4. The summed E-state index contributed by atoms with van der Waals surface area (Å²) in [7, 11) is -3.04. The van der Waals surface area contributed by atoms with Gasteiger partial charge in [0, 0.05) is 12.6 Å². The maximum absolute atomic E-state index is 12.0. The van der Waals surface area contributed by atoms with E-state index in [1.54, 1.807) is 36.4 Å². The van der Waals surface area contributed by atoms with E-state index in [0.717, 1.165) is 15.1 Å². The molecule has 0 saturated heterocycles. The molecule has 0 atom stereocenters. The largest absolute Gasteiger partial charge is 0.456 e. The number of thiol groups is 1. The van der Waals surface area contributed by atoms with Gasteiger partial charge in [0.1, 0.15) is 17.6 Å². The zero-order valence-corrected chi connectivity index (χ0v) is 18.5. The van der Waals surface area contributed by atoms with Crippen molar-refractivity contribution < 1.29 is 17.9 Å². The van der Waals surface area contributed by atoms with E-state index in [2.05, 4.69) is 11.4 Å². The van der Waals surface area contributed by atoms with Gasteiger partial charge in [0.25, 0.3) is 0 Å². The van der Waals surface area contributed by atoms with E-state index in [4.69, 9.17) is 4.74 Å². The lowest BCUT2D eigenvalue weighted by molar-refractivity contribution is -0.114. The monoisotopic (exact) mass is 457 g/mol. The van der Waals surface area contributed by atoms with Crippen molar-refractivity contribution in [1.82, 2.24) is 0 Å². The molecule has 33 heavy (non-hydrogen) atoms. The Hall–Kier alpha value is -4.35. The molecular weight excluding hydrogens is 438 g/mol. The van der Waals surface area contributed by atoms with Crippen LogP contribution in [0.15, 0.2) is 84.9 Å². The average Bonchev–Trinajstić information content (AvgIpc) is 2.80. The number of hydrogen-bond donors (Lipinski definition) is 2. The first-order chi connectivity index (χ1) is 15.9. The van der Waals surface area contributed by atoms with E-state index < -0.39 is 10.9 Å². The number of carbonyl (C=O) groups is 1. The Labute approximate surface area is 192 Å². The van der Waals surface area contributed by atoms with Gasteiger partial charge in [0.15, 0.2) is 0 Å². The Morgan fingerprint density at radius 2 is 1.61 bits per heavy atom. The Balaban J connectivity index is 1.65. The van der Waals surface area contributed by atoms with Crippen LogP contribution in [0.25, 0.3) is 10.8 Å². The second kappa shape index (κ2) is 9.42. The number of ether oxygens (including phenoxy) is 1. The normalized spacial score (nSPS) is 10.6. The van der Waals surface area contributed by atoms with Gasteiger partial charge in [-0.3, -0.25) is 4.79 Å². The van der Waals surface area contributed by atoms with E-state index in [9.17, 15) is 18.5 Å². The standard InChI is InChI=1S/C25H19N3O4S/c1-17(29)27-21-7-9-22(10-8-21)28(33(30)31)23-11-13-25(20(14-23)16-26)32-24-12-6-18-4-2-3-5-19(18)15-24/h2-15,33H,1H3,(H,27,29). The third-order valence-electron chi connectivity index (χ3n) is 4.87. The molecule has 0 aromatic heterocycles. The first-order valence-corrected chi connectivity index (χ1v) is 11.1. The SMILES string of the molecule is CC(=O)Nc1ccc(N(c2ccc(Oc3ccc4ccccc4c3)c(C#N)c2)[SH](=O)=O)cc1. The molecule has 0 bridgehead atoms. The number of nitriles is 1. The highest BCUT2D eigenvalue weighted by atomic mass is 32.2. The third kappa shape index (κ3) is 4.95. The topological polar surface area (TPSA) is 99.5 Å². The molecule has 0 radical (unpaired) electrons. The van der Waals surface area contributed by atoms with Gasteiger partial charge in [0.2, 0.25) is 16.8 Å². The fraction of sp³-hybridized carbons (Fsp3) is 0.0400. The third-order valence-corrected chi connectivity index (χ3v) is 5.66. The van der Waals surface area contributed by atoms with Crippen molar-refractivity contribution >= 4 is 44.6 Å². The quantitative estimate of drug-likeness (QED) is 0.391. The van der Waals surface area contributed by atoms with E-state index in [0.29, 0.717) is 28.6 Å². The minimum Gasteiger partial charge on any atom is -0.456 e. The van der Waals surface area contributed by atoms with E-state index in [-0.39, 0.29) is 11.5 Å². The van der Waals surface area contributed by atoms with Crippen molar-refractivity contribution in [2.45, 2.75) is 6.92 Å². The number of hydrogen-bond acceptors (Lipinski definition) is 5. The van der Waals surface area contributed by atoms with Crippen LogP contribution < -0.4 is 14.4 Å². The summed E-state index contributed by atoms with van der Waals surface area (Å²) in [5.74, 6) is 0.659. The van der Waals surface area contributed by atoms with Gasteiger partial charge in [-0.15, -0.1) is 0 Å². The van der Waals surface area contributed by atoms with Crippen molar-refractivity contribution in [2.75, 3.05) is 9.62 Å². The number of nitrogens with one attached hydrogen (secondary N) is 1. The van der Waals surface area contributed by atoms with Crippen LogP contribution in [0, 0.1) is 11.3 Å². The molecule has 0 aliphatic carbocycles. The van der Waals surface area contributed by atoms with E-state index >= 15 is 0 Å². The molecule has 0 spiro atoms. The van der Waals surface area contributed by atoms with Crippen molar-refractivity contribution in [3.05, 3.63) is 90.5 Å². The fourth-order valence-corrected chi connectivity index (χ4v) is 4.05. The molecule has 4 rings (SSSR count). The summed E-state index contributed by atoms with van der Waals surface area (Å²) in [6.07, 6.45) is 0. The summed E-state index contributed by atoms with van der Waals surface area (Å²) in [4.78, 5) is 11.2. The molecule has 4 aromatic carbocycles. The smallest absolute Gasteiger partial charge is 0.229 e. The zero-order chi connectivity index (χ0) is 23.4. The van der Waals surface area contributed by atoms with Gasteiger partial charge < -0.3 is 10.1 Å². The Morgan fingerprint density at radius 3 is 2.27 bits per heavy atom. The lowest BCUT2D eigenvalue weighted by Gasteiger charge is -2.19. The van der Waals surface area contributed by atoms with Gasteiger partial charge in [-0.25, -0.2) is 12.7 Å². The highest BCUT2D eigenvalue weighted by Gasteiger charge is 2.15. The summed E-state index contributed by atoms with van der Waals surface area (Å²) >= 11 is 0.